The monoisotopic (exact) mass is 255 g/mol. The van der Waals surface area contributed by atoms with Crippen LogP contribution in [0.4, 0.5) is 0 Å². The number of aromatic nitrogens is 4. The largest absolute Gasteiger partial charge is 0.394 e. The molecule has 0 aliphatic carbocycles. The van der Waals surface area contributed by atoms with Crippen LogP contribution in [-0.4, -0.2) is 62.1 Å². The molecule has 2 unspecified atom stereocenters. The summed E-state index contributed by atoms with van der Waals surface area (Å²) in [4.78, 5) is 2.23. The zero-order chi connectivity index (χ0) is 13.0. The SMILES string of the molecule is CCCn1nnnc1CN1CC(C)OC(CO)C1. The Morgan fingerprint density at radius 1 is 1.44 bits per heavy atom. The maximum absolute atomic E-state index is 9.19. The molecule has 0 spiro atoms. The van der Waals surface area contributed by atoms with Crippen LogP contribution in [0.3, 0.4) is 0 Å². The van der Waals surface area contributed by atoms with E-state index in [1.807, 2.05) is 11.6 Å². The minimum atomic E-state index is -0.107. The second kappa shape index (κ2) is 6.21. The first-order valence-electron chi connectivity index (χ1n) is 6.46. The Kier molecular flexibility index (Phi) is 4.62. The van der Waals surface area contributed by atoms with Crippen molar-refractivity contribution < 1.29 is 9.84 Å². The van der Waals surface area contributed by atoms with E-state index in [1.165, 1.54) is 0 Å². The van der Waals surface area contributed by atoms with Gasteiger partial charge in [0, 0.05) is 19.6 Å². The normalized spacial score (nSPS) is 25.5. The fraction of sp³-hybridized carbons (Fsp3) is 0.909. The van der Waals surface area contributed by atoms with E-state index in [4.69, 9.17) is 4.74 Å². The second-order valence-electron chi connectivity index (χ2n) is 4.76. The zero-order valence-corrected chi connectivity index (χ0v) is 11.0. The van der Waals surface area contributed by atoms with Gasteiger partial charge in [0.05, 0.1) is 25.4 Å². The fourth-order valence-corrected chi connectivity index (χ4v) is 2.29. The van der Waals surface area contributed by atoms with Crippen molar-refractivity contribution in [2.45, 2.75) is 45.6 Å². The van der Waals surface area contributed by atoms with Gasteiger partial charge in [-0.05, 0) is 23.8 Å². The van der Waals surface area contributed by atoms with Crippen LogP contribution in [0.5, 0.6) is 0 Å². The van der Waals surface area contributed by atoms with Crippen molar-refractivity contribution in [3.05, 3.63) is 5.82 Å². The Morgan fingerprint density at radius 2 is 2.28 bits per heavy atom. The van der Waals surface area contributed by atoms with Crippen LogP contribution in [0.15, 0.2) is 0 Å². The van der Waals surface area contributed by atoms with Gasteiger partial charge in [0.25, 0.3) is 0 Å². The third-order valence-electron chi connectivity index (χ3n) is 3.01. The predicted molar refractivity (Wildman–Crippen MR) is 64.8 cm³/mol. The van der Waals surface area contributed by atoms with Gasteiger partial charge < -0.3 is 9.84 Å². The summed E-state index contributed by atoms with van der Waals surface area (Å²) >= 11 is 0. The summed E-state index contributed by atoms with van der Waals surface area (Å²) in [6.45, 7) is 7.28. The molecule has 1 aliphatic heterocycles. The Hall–Kier alpha value is -1.05. The van der Waals surface area contributed by atoms with E-state index in [2.05, 4.69) is 27.3 Å². The number of tetrazole rings is 1. The summed E-state index contributed by atoms with van der Waals surface area (Å²) < 4.78 is 7.45. The van der Waals surface area contributed by atoms with E-state index in [9.17, 15) is 5.11 Å². The van der Waals surface area contributed by atoms with Gasteiger partial charge in [-0.3, -0.25) is 4.90 Å². The summed E-state index contributed by atoms with van der Waals surface area (Å²) in [6, 6.07) is 0. The van der Waals surface area contributed by atoms with Crippen LogP contribution in [0.1, 0.15) is 26.1 Å². The Labute approximate surface area is 107 Å². The van der Waals surface area contributed by atoms with Gasteiger partial charge in [-0.1, -0.05) is 6.92 Å². The second-order valence-corrected chi connectivity index (χ2v) is 4.76. The van der Waals surface area contributed by atoms with E-state index in [0.29, 0.717) is 6.54 Å². The number of morpholine rings is 1. The van der Waals surface area contributed by atoms with Gasteiger partial charge >= 0.3 is 0 Å². The smallest absolute Gasteiger partial charge is 0.165 e. The molecule has 1 N–H and O–H groups in total. The van der Waals surface area contributed by atoms with E-state index in [1.54, 1.807) is 0 Å². The highest BCUT2D eigenvalue weighted by atomic mass is 16.5. The van der Waals surface area contributed by atoms with E-state index >= 15 is 0 Å². The van der Waals surface area contributed by atoms with Crippen LogP contribution >= 0.6 is 0 Å². The molecule has 1 fully saturated rings. The highest BCUT2D eigenvalue weighted by Gasteiger charge is 2.25. The maximum Gasteiger partial charge on any atom is 0.165 e. The minimum absolute atomic E-state index is 0.0563. The Balaban J connectivity index is 1.97. The Bertz CT molecular complexity index is 370. The average Bonchev–Trinajstić information content (AvgIpc) is 2.76. The Morgan fingerprint density at radius 3 is 3.00 bits per heavy atom. The molecule has 7 nitrogen and oxygen atoms in total. The molecule has 2 atom stereocenters. The van der Waals surface area contributed by atoms with Crippen LogP contribution < -0.4 is 0 Å². The number of nitrogens with zero attached hydrogens (tertiary/aromatic N) is 5. The van der Waals surface area contributed by atoms with Crippen LogP contribution in [0.25, 0.3) is 0 Å². The molecule has 1 aromatic rings. The van der Waals surface area contributed by atoms with Gasteiger partial charge in [0.15, 0.2) is 5.82 Å². The maximum atomic E-state index is 9.19. The number of aliphatic hydroxyl groups is 1. The molecule has 102 valence electrons. The quantitative estimate of drug-likeness (QED) is 0.776. The predicted octanol–water partition coefficient (Wildman–Crippen LogP) is -0.335. The van der Waals surface area contributed by atoms with Gasteiger partial charge in [0.1, 0.15) is 0 Å². The third-order valence-corrected chi connectivity index (χ3v) is 3.01. The van der Waals surface area contributed by atoms with Gasteiger partial charge in [-0.25, -0.2) is 4.68 Å². The molecule has 2 heterocycles. The van der Waals surface area contributed by atoms with Crippen molar-refractivity contribution in [1.29, 1.82) is 0 Å². The van der Waals surface area contributed by atoms with E-state index < -0.39 is 0 Å². The topological polar surface area (TPSA) is 76.3 Å². The minimum Gasteiger partial charge on any atom is -0.394 e. The number of hydrogen-bond donors (Lipinski definition) is 1. The number of hydrogen-bond acceptors (Lipinski definition) is 6. The summed E-state index contributed by atoms with van der Waals surface area (Å²) in [5.74, 6) is 0.877. The van der Waals surface area contributed by atoms with Crippen molar-refractivity contribution in [2.75, 3.05) is 19.7 Å². The van der Waals surface area contributed by atoms with Crippen molar-refractivity contribution in [1.82, 2.24) is 25.1 Å². The average molecular weight is 255 g/mol. The molecule has 0 saturated carbocycles. The lowest BCUT2D eigenvalue weighted by molar-refractivity contribution is -0.0979. The summed E-state index contributed by atoms with van der Waals surface area (Å²) in [5.41, 5.74) is 0. The summed E-state index contributed by atoms with van der Waals surface area (Å²) in [5, 5.41) is 21.0. The molecule has 18 heavy (non-hydrogen) atoms. The van der Waals surface area contributed by atoms with Crippen molar-refractivity contribution in [2.24, 2.45) is 0 Å². The number of rotatable bonds is 5. The van der Waals surface area contributed by atoms with Crippen molar-refractivity contribution in [3.63, 3.8) is 0 Å². The molecule has 1 aromatic heterocycles. The first-order valence-corrected chi connectivity index (χ1v) is 6.46. The molecule has 0 amide bonds. The first-order chi connectivity index (χ1) is 8.72. The molecule has 1 aliphatic rings. The lowest BCUT2D eigenvalue weighted by Gasteiger charge is -2.35. The molecular weight excluding hydrogens is 234 g/mol. The molecule has 0 aromatic carbocycles. The lowest BCUT2D eigenvalue weighted by Crippen LogP contribution is -2.47. The third kappa shape index (κ3) is 3.24. The van der Waals surface area contributed by atoms with Gasteiger partial charge in [-0.15, -0.1) is 5.10 Å². The lowest BCUT2D eigenvalue weighted by atomic mass is 10.2. The van der Waals surface area contributed by atoms with E-state index in [-0.39, 0.29) is 18.8 Å². The molecule has 7 heteroatoms. The number of ether oxygens (including phenoxy) is 1. The number of aryl methyl sites for hydroxylation is 1. The molecule has 0 bridgehead atoms. The van der Waals surface area contributed by atoms with Crippen molar-refractivity contribution >= 4 is 0 Å². The zero-order valence-electron chi connectivity index (χ0n) is 11.0. The molecule has 0 radical (unpaired) electrons. The van der Waals surface area contributed by atoms with Crippen molar-refractivity contribution in [3.8, 4) is 0 Å². The van der Waals surface area contributed by atoms with E-state index in [0.717, 1.165) is 31.9 Å². The fourth-order valence-electron chi connectivity index (χ4n) is 2.29. The molecule has 1 saturated heterocycles. The number of aliphatic hydroxyl groups excluding tert-OH is 1. The molecular formula is C11H21N5O2. The van der Waals surface area contributed by atoms with Gasteiger partial charge in [0.2, 0.25) is 0 Å². The highest BCUT2D eigenvalue weighted by molar-refractivity contribution is 4.84. The standard InChI is InChI=1S/C11H21N5O2/c1-3-4-16-11(12-13-14-16)7-15-5-9(2)18-10(6-15)8-17/h9-10,17H,3-8H2,1-2H3. The highest BCUT2D eigenvalue weighted by Crippen LogP contribution is 2.13. The first kappa shape index (κ1) is 13.4. The van der Waals surface area contributed by atoms with Gasteiger partial charge in [-0.2, -0.15) is 0 Å². The van der Waals surface area contributed by atoms with Crippen LogP contribution in [0.2, 0.25) is 0 Å². The van der Waals surface area contributed by atoms with Crippen LogP contribution in [-0.2, 0) is 17.8 Å². The van der Waals surface area contributed by atoms with Crippen LogP contribution in [0, 0.1) is 0 Å². The molecule has 2 rings (SSSR count). The summed E-state index contributed by atoms with van der Waals surface area (Å²) in [6.07, 6.45) is 1.03. The summed E-state index contributed by atoms with van der Waals surface area (Å²) in [7, 11) is 0.